The molecule has 8 heteroatoms. The van der Waals surface area contributed by atoms with Crippen molar-refractivity contribution in [3.8, 4) is 5.75 Å². The Labute approximate surface area is 184 Å². The van der Waals surface area contributed by atoms with Gasteiger partial charge in [0.15, 0.2) is 0 Å². The number of hydrogen-bond donors (Lipinski definition) is 0. The number of rotatable bonds is 6. The van der Waals surface area contributed by atoms with E-state index >= 15 is 0 Å². The van der Waals surface area contributed by atoms with Gasteiger partial charge in [-0.25, -0.2) is 9.29 Å². The van der Waals surface area contributed by atoms with Crippen LogP contribution in [-0.4, -0.2) is 40.8 Å². The predicted octanol–water partition coefficient (Wildman–Crippen LogP) is 3.20. The molecule has 0 aliphatic carbocycles. The molecule has 1 aliphatic heterocycles. The third-order valence-corrected chi connectivity index (χ3v) is 5.24. The lowest BCUT2D eigenvalue weighted by Crippen LogP contribution is -2.45. The van der Waals surface area contributed by atoms with Crippen LogP contribution in [0.2, 0.25) is 0 Å². The number of hydrogen-bond acceptors (Lipinski definition) is 5. The van der Waals surface area contributed by atoms with E-state index in [2.05, 4.69) is 4.98 Å². The molecule has 1 atom stereocenters. The van der Waals surface area contributed by atoms with Crippen molar-refractivity contribution >= 4 is 23.4 Å². The van der Waals surface area contributed by atoms with Gasteiger partial charge in [-0.2, -0.15) is 0 Å². The SMILES string of the molecule is COc1cccc(C(=O)N(Cc2cccnc2)C2CC(=O)N(c3ccc(F)cc3)C2=O)c1. The van der Waals surface area contributed by atoms with Gasteiger partial charge in [-0.05, 0) is 54.1 Å². The molecule has 1 fully saturated rings. The lowest BCUT2D eigenvalue weighted by Gasteiger charge is -2.28. The standard InChI is InChI=1S/C24H20FN3O4/c1-32-20-6-2-5-17(12-20)23(30)27(15-16-4-3-11-26-14-16)21-13-22(29)28(24(21)31)19-9-7-18(25)8-10-19/h2-12,14,21H,13,15H2,1H3. The largest absolute Gasteiger partial charge is 0.497 e. The van der Waals surface area contributed by atoms with Crippen molar-refractivity contribution in [1.29, 1.82) is 0 Å². The Morgan fingerprint density at radius 2 is 1.94 bits per heavy atom. The zero-order valence-electron chi connectivity index (χ0n) is 17.3. The van der Waals surface area contributed by atoms with E-state index in [1.807, 2.05) is 0 Å². The normalized spacial score (nSPS) is 15.7. The van der Waals surface area contributed by atoms with Gasteiger partial charge < -0.3 is 9.64 Å². The zero-order chi connectivity index (χ0) is 22.7. The van der Waals surface area contributed by atoms with E-state index in [1.54, 1.807) is 48.8 Å². The Morgan fingerprint density at radius 3 is 2.62 bits per heavy atom. The number of carbonyl (C=O) groups is 3. The number of imide groups is 1. The average Bonchev–Trinajstić information content (AvgIpc) is 3.12. The topological polar surface area (TPSA) is 79.8 Å². The highest BCUT2D eigenvalue weighted by molar-refractivity contribution is 6.23. The summed E-state index contributed by atoms with van der Waals surface area (Å²) in [5.74, 6) is -1.39. The smallest absolute Gasteiger partial charge is 0.257 e. The van der Waals surface area contributed by atoms with Crippen LogP contribution in [0.15, 0.2) is 73.1 Å². The lowest BCUT2D eigenvalue weighted by molar-refractivity contribution is -0.122. The molecule has 0 radical (unpaired) electrons. The fourth-order valence-electron chi connectivity index (χ4n) is 3.65. The first-order valence-electron chi connectivity index (χ1n) is 9.94. The van der Waals surface area contributed by atoms with E-state index in [0.29, 0.717) is 16.9 Å². The summed E-state index contributed by atoms with van der Waals surface area (Å²) in [5, 5.41) is 0. The van der Waals surface area contributed by atoms with Crippen molar-refractivity contribution in [3.63, 3.8) is 0 Å². The number of carbonyl (C=O) groups excluding carboxylic acids is 3. The van der Waals surface area contributed by atoms with Crippen LogP contribution in [0, 0.1) is 5.82 Å². The molecule has 1 aliphatic rings. The van der Waals surface area contributed by atoms with Gasteiger partial charge in [0, 0.05) is 24.5 Å². The molecule has 0 N–H and O–H groups in total. The van der Waals surface area contributed by atoms with Crippen molar-refractivity contribution in [3.05, 3.63) is 90.0 Å². The van der Waals surface area contributed by atoms with Crippen LogP contribution in [0.4, 0.5) is 10.1 Å². The van der Waals surface area contributed by atoms with Crippen molar-refractivity contribution in [2.75, 3.05) is 12.0 Å². The summed E-state index contributed by atoms with van der Waals surface area (Å²) in [5.41, 5.74) is 1.30. The van der Waals surface area contributed by atoms with Gasteiger partial charge in [0.2, 0.25) is 5.91 Å². The molecular weight excluding hydrogens is 413 g/mol. The summed E-state index contributed by atoms with van der Waals surface area (Å²) < 4.78 is 18.5. The molecule has 3 amide bonds. The second-order valence-electron chi connectivity index (χ2n) is 7.29. The third-order valence-electron chi connectivity index (χ3n) is 5.24. The number of anilines is 1. The fraction of sp³-hybridized carbons (Fsp3) is 0.167. The highest BCUT2D eigenvalue weighted by Crippen LogP contribution is 2.28. The Balaban J connectivity index is 1.69. The number of aromatic nitrogens is 1. The van der Waals surface area contributed by atoms with Crippen LogP contribution in [-0.2, 0) is 16.1 Å². The van der Waals surface area contributed by atoms with Crippen LogP contribution in [0.5, 0.6) is 5.75 Å². The first-order valence-corrected chi connectivity index (χ1v) is 9.94. The molecule has 1 aromatic heterocycles. The van der Waals surface area contributed by atoms with Gasteiger partial charge in [-0.15, -0.1) is 0 Å². The molecule has 2 heterocycles. The molecule has 3 aromatic rings. The number of amides is 3. The molecule has 0 spiro atoms. The maximum atomic E-state index is 13.5. The van der Waals surface area contributed by atoms with Crippen LogP contribution in [0.3, 0.4) is 0 Å². The second kappa shape index (κ2) is 8.97. The Morgan fingerprint density at radius 1 is 1.16 bits per heavy atom. The fourth-order valence-corrected chi connectivity index (χ4v) is 3.65. The van der Waals surface area contributed by atoms with E-state index < -0.39 is 29.6 Å². The predicted molar refractivity (Wildman–Crippen MR) is 114 cm³/mol. The average molecular weight is 433 g/mol. The molecule has 0 saturated carbocycles. The molecule has 7 nitrogen and oxygen atoms in total. The molecule has 0 bridgehead atoms. The highest BCUT2D eigenvalue weighted by atomic mass is 19.1. The van der Waals surface area contributed by atoms with Crippen LogP contribution >= 0.6 is 0 Å². The molecule has 162 valence electrons. The van der Waals surface area contributed by atoms with Crippen molar-refractivity contribution in [1.82, 2.24) is 9.88 Å². The van der Waals surface area contributed by atoms with Crippen LogP contribution < -0.4 is 9.64 Å². The van der Waals surface area contributed by atoms with E-state index in [9.17, 15) is 18.8 Å². The number of nitrogens with zero attached hydrogens (tertiary/aromatic N) is 3. The number of ether oxygens (including phenoxy) is 1. The number of halogens is 1. The Hall–Kier alpha value is -4.07. The highest BCUT2D eigenvalue weighted by Gasteiger charge is 2.44. The van der Waals surface area contributed by atoms with Crippen LogP contribution in [0.25, 0.3) is 0 Å². The maximum Gasteiger partial charge on any atom is 0.257 e. The van der Waals surface area contributed by atoms with Gasteiger partial charge in [0.25, 0.3) is 11.8 Å². The minimum atomic E-state index is -1.01. The second-order valence-corrected chi connectivity index (χ2v) is 7.29. The Bertz CT molecular complexity index is 1150. The minimum Gasteiger partial charge on any atom is -0.497 e. The monoisotopic (exact) mass is 433 g/mol. The molecule has 32 heavy (non-hydrogen) atoms. The summed E-state index contributed by atoms with van der Waals surface area (Å²) in [6.45, 7) is 0.0881. The maximum absolute atomic E-state index is 13.5. The summed E-state index contributed by atoms with van der Waals surface area (Å²) in [6, 6.07) is 14.2. The summed E-state index contributed by atoms with van der Waals surface area (Å²) in [4.78, 5) is 45.9. The van der Waals surface area contributed by atoms with E-state index in [-0.39, 0.29) is 18.7 Å². The van der Waals surface area contributed by atoms with Gasteiger partial charge in [0.05, 0.1) is 19.2 Å². The molecule has 1 saturated heterocycles. The molecule has 2 aromatic carbocycles. The van der Waals surface area contributed by atoms with E-state index in [0.717, 1.165) is 4.90 Å². The van der Waals surface area contributed by atoms with Crippen molar-refractivity contribution in [2.24, 2.45) is 0 Å². The number of pyridine rings is 1. The quantitative estimate of drug-likeness (QED) is 0.558. The van der Waals surface area contributed by atoms with Gasteiger partial charge in [-0.1, -0.05) is 12.1 Å². The minimum absolute atomic E-state index is 0.0881. The molecular formula is C24H20FN3O4. The van der Waals surface area contributed by atoms with Gasteiger partial charge in [0.1, 0.15) is 17.6 Å². The molecule has 1 unspecified atom stereocenters. The van der Waals surface area contributed by atoms with Gasteiger partial charge in [-0.3, -0.25) is 19.4 Å². The third kappa shape index (κ3) is 4.20. The first kappa shape index (κ1) is 21.2. The Kier molecular flexibility index (Phi) is 5.93. The van der Waals surface area contributed by atoms with E-state index in [1.165, 1.54) is 36.3 Å². The number of methoxy groups -OCH3 is 1. The van der Waals surface area contributed by atoms with Gasteiger partial charge >= 0.3 is 0 Å². The summed E-state index contributed by atoms with van der Waals surface area (Å²) in [6.07, 6.45) is 3.04. The number of benzene rings is 2. The lowest BCUT2D eigenvalue weighted by atomic mass is 10.1. The van der Waals surface area contributed by atoms with Crippen molar-refractivity contribution in [2.45, 2.75) is 19.0 Å². The summed E-state index contributed by atoms with van der Waals surface area (Å²) in [7, 11) is 1.50. The van der Waals surface area contributed by atoms with E-state index in [4.69, 9.17) is 4.74 Å². The van der Waals surface area contributed by atoms with Crippen molar-refractivity contribution < 1.29 is 23.5 Å². The van der Waals surface area contributed by atoms with Crippen LogP contribution in [0.1, 0.15) is 22.3 Å². The first-order chi connectivity index (χ1) is 15.5. The molecule has 4 rings (SSSR count). The summed E-state index contributed by atoms with van der Waals surface area (Å²) >= 11 is 0. The zero-order valence-corrected chi connectivity index (χ0v) is 17.3.